The fourth-order valence-corrected chi connectivity index (χ4v) is 2.85. The molecule has 0 unspecified atom stereocenters. The molecule has 0 saturated carbocycles. The normalized spacial score (nSPS) is 9.96. The summed E-state index contributed by atoms with van der Waals surface area (Å²) >= 11 is 1.49. The van der Waals surface area contributed by atoms with Gasteiger partial charge in [0, 0.05) is 36.1 Å². The second-order valence-corrected chi connectivity index (χ2v) is 6.14. The fourth-order valence-electron chi connectivity index (χ4n) is 2.22. The first-order chi connectivity index (χ1) is 11.7. The van der Waals surface area contributed by atoms with Crippen LogP contribution in [0.3, 0.4) is 0 Å². The Hall–Kier alpha value is -1.89. The van der Waals surface area contributed by atoms with Crippen LogP contribution in [0.2, 0.25) is 0 Å². The first kappa shape index (κ1) is 21.2. The van der Waals surface area contributed by atoms with E-state index in [4.69, 9.17) is 0 Å². The monoisotopic (exact) mass is 381 g/mol. The first-order valence-electron chi connectivity index (χ1n) is 8.09. The summed E-state index contributed by atoms with van der Waals surface area (Å²) in [6.07, 6.45) is 0.983. The Bertz CT molecular complexity index is 662. The summed E-state index contributed by atoms with van der Waals surface area (Å²) < 4.78 is 0. The van der Waals surface area contributed by atoms with E-state index in [0.29, 0.717) is 24.9 Å². The Morgan fingerprint density at radius 2 is 1.96 bits per heavy atom. The van der Waals surface area contributed by atoms with Gasteiger partial charge in [-0.1, -0.05) is 25.1 Å². The zero-order chi connectivity index (χ0) is 17.2. The van der Waals surface area contributed by atoms with E-state index in [2.05, 4.69) is 16.0 Å². The molecule has 2 amide bonds. The van der Waals surface area contributed by atoms with Crippen LogP contribution in [-0.4, -0.2) is 24.9 Å². The third kappa shape index (κ3) is 7.25. The minimum Gasteiger partial charge on any atom is -0.352 e. The quantitative estimate of drug-likeness (QED) is 0.583. The van der Waals surface area contributed by atoms with Gasteiger partial charge in [-0.3, -0.25) is 9.59 Å². The van der Waals surface area contributed by atoms with Crippen LogP contribution >= 0.6 is 23.7 Å². The average molecular weight is 382 g/mol. The number of halogens is 1. The summed E-state index contributed by atoms with van der Waals surface area (Å²) in [5, 5.41) is 12.7. The molecular weight excluding hydrogens is 358 g/mol. The molecule has 0 aliphatic carbocycles. The molecule has 0 bridgehead atoms. The van der Waals surface area contributed by atoms with E-state index in [1.807, 2.05) is 41.9 Å². The second-order valence-electron chi connectivity index (χ2n) is 5.36. The molecule has 0 saturated heterocycles. The fraction of sp³-hybridized carbons (Fsp3) is 0.333. The van der Waals surface area contributed by atoms with E-state index < -0.39 is 0 Å². The predicted molar refractivity (Wildman–Crippen MR) is 106 cm³/mol. The Balaban J connectivity index is 0.00000312. The van der Waals surface area contributed by atoms with Crippen molar-refractivity contribution in [3.8, 4) is 0 Å². The van der Waals surface area contributed by atoms with E-state index in [-0.39, 0.29) is 24.2 Å². The Morgan fingerprint density at radius 1 is 1.16 bits per heavy atom. The van der Waals surface area contributed by atoms with Crippen LogP contribution in [0, 0.1) is 0 Å². The number of hydrogen-bond donors (Lipinski definition) is 3. The second kappa shape index (κ2) is 11.6. The summed E-state index contributed by atoms with van der Waals surface area (Å²) in [6.45, 7) is 4.14. The number of carbonyl (C=O) groups excluding carboxylic acids is 2. The summed E-state index contributed by atoms with van der Waals surface area (Å²) in [7, 11) is 0. The van der Waals surface area contributed by atoms with Gasteiger partial charge in [0.1, 0.15) is 0 Å². The van der Waals surface area contributed by atoms with Crippen molar-refractivity contribution in [2.75, 3.05) is 18.4 Å². The van der Waals surface area contributed by atoms with Gasteiger partial charge in [-0.15, -0.1) is 12.4 Å². The van der Waals surface area contributed by atoms with Crippen LogP contribution in [0.25, 0.3) is 0 Å². The van der Waals surface area contributed by atoms with E-state index in [1.165, 1.54) is 11.3 Å². The van der Waals surface area contributed by atoms with E-state index >= 15 is 0 Å². The molecule has 0 aliphatic rings. The average Bonchev–Trinajstić information content (AvgIpc) is 3.12. The highest BCUT2D eigenvalue weighted by molar-refractivity contribution is 7.08. The molecular formula is C18H24ClN3O2S. The molecule has 3 N–H and O–H groups in total. The third-order valence-electron chi connectivity index (χ3n) is 3.51. The zero-order valence-electron chi connectivity index (χ0n) is 14.2. The van der Waals surface area contributed by atoms with E-state index in [1.54, 1.807) is 6.07 Å². The lowest BCUT2D eigenvalue weighted by Crippen LogP contribution is -2.25. The van der Waals surface area contributed by atoms with Crippen LogP contribution < -0.4 is 16.0 Å². The minimum absolute atomic E-state index is 0. The lowest BCUT2D eigenvalue weighted by Gasteiger charge is -2.11. The molecule has 25 heavy (non-hydrogen) atoms. The molecule has 5 nitrogen and oxygen atoms in total. The molecule has 7 heteroatoms. The van der Waals surface area contributed by atoms with Crippen LogP contribution in [0.15, 0.2) is 41.1 Å². The van der Waals surface area contributed by atoms with Gasteiger partial charge >= 0.3 is 0 Å². The van der Waals surface area contributed by atoms with Gasteiger partial charge in [0.15, 0.2) is 0 Å². The lowest BCUT2D eigenvalue weighted by atomic mass is 10.1. The van der Waals surface area contributed by atoms with Gasteiger partial charge in [0.25, 0.3) is 5.91 Å². The molecule has 136 valence electrons. The molecule has 0 fully saturated rings. The Morgan fingerprint density at radius 3 is 2.68 bits per heavy atom. The SMILES string of the molecule is CCNCc1ccccc1NC(=O)CCCNC(=O)c1ccsc1.Cl. The maximum absolute atomic E-state index is 12.1. The van der Waals surface area contributed by atoms with E-state index in [0.717, 1.165) is 24.3 Å². The molecule has 0 radical (unpaired) electrons. The molecule has 0 aliphatic heterocycles. The maximum atomic E-state index is 12.1. The number of hydrogen-bond acceptors (Lipinski definition) is 4. The lowest BCUT2D eigenvalue weighted by molar-refractivity contribution is -0.116. The molecule has 1 aromatic heterocycles. The summed E-state index contributed by atoms with van der Waals surface area (Å²) in [5.41, 5.74) is 2.58. The van der Waals surface area contributed by atoms with Gasteiger partial charge in [-0.05, 0) is 36.0 Å². The van der Waals surface area contributed by atoms with Crippen LogP contribution in [0.1, 0.15) is 35.7 Å². The van der Waals surface area contributed by atoms with Crippen molar-refractivity contribution in [1.82, 2.24) is 10.6 Å². The van der Waals surface area contributed by atoms with Gasteiger partial charge in [0.2, 0.25) is 5.91 Å². The number of rotatable bonds is 9. The number of para-hydroxylation sites is 1. The van der Waals surface area contributed by atoms with Gasteiger partial charge in [-0.2, -0.15) is 11.3 Å². The summed E-state index contributed by atoms with van der Waals surface area (Å²) in [4.78, 5) is 23.8. The highest BCUT2D eigenvalue weighted by atomic mass is 35.5. The van der Waals surface area contributed by atoms with Crippen molar-refractivity contribution >= 4 is 41.2 Å². The third-order valence-corrected chi connectivity index (χ3v) is 4.19. The number of nitrogens with one attached hydrogen (secondary N) is 3. The van der Waals surface area contributed by atoms with Crippen molar-refractivity contribution < 1.29 is 9.59 Å². The largest absolute Gasteiger partial charge is 0.352 e. The van der Waals surface area contributed by atoms with Crippen molar-refractivity contribution in [1.29, 1.82) is 0 Å². The highest BCUT2D eigenvalue weighted by Crippen LogP contribution is 2.15. The number of anilines is 1. The summed E-state index contributed by atoms with van der Waals surface area (Å²) in [5.74, 6) is -0.128. The zero-order valence-corrected chi connectivity index (χ0v) is 15.8. The molecule has 2 rings (SSSR count). The molecule has 1 heterocycles. The number of amides is 2. The Kier molecular flexibility index (Phi) is 9.84. The van der Waals surface area contributed by atoms with Gasteiger partial charge in [-0.25, -0.2) is 0 Å². The van der Waals surface area contributed by atoms with Crippen LogP contribution in [-0.2, 0) is 11.3 Å². The minimum atomic E-state index is -0.0901. The molecule has 0 atom stereocenters. The maximum Gasteiger partial charge on any atom is 0.252 e. The first-order valence-corrected chi connectivity index (χ1v) is 9.04. The van der Waals surface area contributed by atoms with Gasteiger partial charge in [0.05, 0.1) is 0 Å². The topological polar surface area (TPSA) is 70.2 Å². The molecule has 1 aromatic carbocycles. The standard InChI is InChI=1S/C18H23N3O2S.ClH/c1-2-19-12-14-6-3-4-7-16(14)21-17(22)8-5-10-20-18(23)15-9-11-24-13-15;/h3-4,6-7,9,11,13,19H,2,5,8,10,12H2,1H3,(H,20,23)(H,21,22);1H. The van der Waals surface area contributed by atoms with Crippen molar-refractivity contribution in [3.63, 3.8) is 0 Å². The van der Waals surface area contributed by atoms with Crippen LogP contribution in [0.4, 0.5) is 5.69 Å². The van der Waals surface area contributed by atoms with Crippen LogP contribution in [0.5, 0.6) is 0 Å². The van der Waals surface area contributed by atoms with E-state index in [9.17, 15) is 9.59 Å². The highest BCUT2D eigenvalue weighted by Gasteiger charge is 2.08. The summed E-state index contributed by atoms with van der Waals surface area (Å²) in [6, 6.07) is 9.56. The molecule has 0 spiro atoms. The number of carbonyl (C=O) groups is 2. The van der Waals surface area contributed by atoms with Crippen molar-refractivity contribution in [2.24, 2.45) is 0 Å². The van der Waals surface area contributed by atoms with Crippen molar-refractivity contribution in [3.05, 3.63) is 52.2 Å². The van der Waals surface area contributed by atoms with Gasteiger partial charge < -0.3 is 16.0 Å². The number of thiophene rings is 1. The molecule has 2 aromatic rings. The smallest absolute Gasteiger partial charge is 0.252 e. The number of benzene rings is 1. The van der Waals surface area contributed by atoms with Crippen molar-refractivity contribution in [2.45, 2.75) is 26.3 Å². The Labute approximate surface area is 158 Å². The predicted octanol–water partition coefficient (Wildman–Crippen LogP) is 3.43.